The van der Waals surface area contributed by atoms with Gasteiger partial charge in [-0.1, -0.05) is 38.8 Å². The number of halogens is 1. The van der Waals surface area contributed by atoms with Gasteiger partial charge in [-0.2, -0.15) is 0 Å². The molecule has 0 saturated carbocycles. The highest BCUT2D eigenvalue weighted by Gasteiger charge is 2.18. The summed E-state index contributed by atoms with van der Waals surface area (Å²) in [7, 11) is 0. The minimum Gasteiger partial charge on any atom is -1.00 e. The van der Waals surface area contributed by atoms with Crippen LogP contribution in [0.5, 0.6) is 0 Å². The van der Waals surface area contributed by atoms with Crippen molar-refractivity contribution in [3.8, 4) is 0 Å². The molecule has 0 atom stereocenters. The van der Waals surface area contributed by atoms with E-state index in [1.54, 1.807) is 24.3 Å². The van der Waals surface area contributed by atoms with Gasteiger partial charge in [0.15, 0.2) is 0 Å². The summed E-state index contributed by atoms with van der Waals surface area (Å²) in [6, 6.07) is 6.59. The molecule has 1 rings (SSSR count). The van der Waals surface area contributed by atoms with Gasteiger partial charge in [0.05, 0.1) is 24.3 Å². The van der Waals surface area contributed by atoms with Crippen LogP contribution in [0, 0.1) is 0 Å². The summed E-state index contributed by atoms with van der Waals surface area (Å²) in [6.45, 7) is 4.78. The summed E-state index contributed by atoms with van der Waals surface area (Å²) in [6.07, 6.45) is 3.53. The first kappa shape index (κ1) is 19.4. The lowest BCUT2D eigenvalue weighted by molar-refractivity contribution is -0.0000382. The molecule has 0 aliphatic carbocycles. The summed E-state index contributed by atoms with van der Waals surface area (Å²) in [5, 5.41) is 0. The molecule has 0 spiro atoms. The number of rotatable bonds is 8. The molecule has 0 bridgehead atoms. The largest absolute Gasteiger partial charge is 1.00 e. The van der Waals surface area contributed by atoms with Gasteiger partial charge >= 0.3 is 11.9 Å². The summed E-state index contributed by atoms with van der Waals surface area (Å²) in [5.41, 5.74) is 0.537. The van der Waals surface area contributed by atoms with Gasteiger partial charge < -0.3 is 21.9 Å². The van der Waals surface area contributed by atoms with Crippen molar-refractivity contribution < 1.29 is 31.5 Å². The zero-order chi connectivity index (χ0) is 14.8. The van der Waals surface area contributed by atoms with E-state index in [1.165, 1.54) is 0 Å². The monoisotopic (exact) mass is 313 g/mol. The fraction of sp³-hybridized carbons (Fsp3) is 0.500. The molecule has 0 aliphatic rings. The maximum Gasteiger partial charge on any atom is 0.339 e. The molecule has 0 N–H and O–H groups in total. The summed E-state index contributed by atoms with van der Waals surface area (Å²) >= 11 is 0. The minimum atomic E-state index is -0.471. The van der Waals surface area contributed by atoms with E-state index in [2.05, 4.69) is 0 Å². The van der Waals surface area contributed by atoms with Gasteiger partial charge in [-0.05, 0) is 25.0 Å². The Labute approximate surface area is 132 Å². The van der Waals surface area contributed by atoms with Crippen LogP contribution >= 0.6 is 0 Å². The molecule has 1 aromatic carbocycles. The van der Waals surface area contributed by atoms with Crippen molar-refractivity contribution in [3.63, 3.8) is 0 Å². The highest BCUT2D eigenvalue weighted by molar-refractivity contribution is 6.03. The number of carbonyl (C=O) groups excluding carboxylic acids is 2. The van der Waals surface area contributed by atoms with E-state index in [0.29, 0.717) is 13.2 Å². The van der Waals surface area contributed by atoms with Crippen LogP contribution in [0.1, 0.15) is 60.2 Å². The lowest BCUT2D eigenvalue weighted by Gasteiger charge is -2.09. The van der Waals surface area contributed by atoms with Gasteiger partial charge in [-0.15, -0.1) is 0 Å². The third kappa shape index (κ3) is 6.63. The Hall–Kier alpha value is -1.55. The Morgan fingerprint density at radius 2 is 1.24 bits per heavy atom. The van der Waals surface area contributed by atoms with Crippen LogP contribution in [0.15, 0.2) is 24.3 Å². The molecule has 0 fully saturated rings. The smallest absolute Gasteiger partial charge is 0.339 e. The number of unbranched alkanes of at least 4 members (excludes halogenated alkanes) is 2. The average molecular weight is 314 g/mol. The summed E-state index contributed by atoms with van der Waals surface area (Å²) < 4.78 is 10.3. The van der Waals surface area contributed by atoms with Crippen LogP contribution in [-0.4, -0.2) is 25.2 Å². The Bertz CT molecular complexity index is 405. The van der Waals surface area contributed by atoms with Gasteiger partial charge in [0.2, 0.25) is 0 Å². The van der Waals surface area contributed by atoms with Crippen LogP contribution in [0.4, 0.5) is 0 Å². The van der Waals surface area contributed by atoms with Gasteiger partial charge in [-0.3, -0.25) is 0 Å². The standard InChI is InChI=1S/C16H22O4.ClH/c1-3-5-11-19-15(17)13-9-7-8-10-14(13)16(18)20-12-6-4-2;/h7-10H,3-6,11-12H2,1-2H3;1H/p-1. The summed E-state index contributed by atoms with van der Waals surface area (Å²) in [5.74, 6) is -0.942. The molecule has 0 radical (unpaired) electrons. The Morgan fingerprint density at radius 3 is 1.57 bits per heavy atom. The molecule has 5 heteroatoms. The quantitative estimate of drug-likeness (QED) is 0.521. The fourth-order valence-corrected chi connectivity index (χ4v) is 1.61. The van der Waals surface area contributed by atoms with Gasteiger partial charge in [0.25, 0.3) is 0 Å². The average Bonchev–Trinajstić information content (AvgIpc) is 2.47. The third-order valence-electron chi connectivity index (χ3n) is 2.83. The SMILES string of the molecule is CCCCOC(=O)c1ccccc1C(=O)OCCCC.[Cl-]. The van der Waals surface area contributed by atoms with Gasteiger partial charge in [0.1, 0.15) is 0 Å². The van der Waals surface area contributed by atoms with E-state index in [1.807, 2.05) is 13.8 Å². The molecule has 0 amide bonds. The van der Waals surface area contributed by atoms with E-state index in [9.17, 15) is 9.59 Å². The van der Waals surface area contributed by atoms with Crippen molar-refractivity contribution in [3.05, 3.63) is 35.4 Å². The van der Waals surface area contributed by atoms with Crippen molar-refractivity contribution in [2.24, 2.45) is 0 Å². The van der Waals surface area contributed by atoms with Crippen LogP contribution < -0.4 is 12.4 Å². The molecular formula is C16H22ClO4-. The first-order chi connectivity index (χ1) is 9.70. The molecule has 0 aliphatic heterocycles. The van der Waals surface area contributed by atoms with Gasteiger partial charge in [-0.25, -0.2) is 9.59 Å². The summed E-state index contributed by atoms with van der Waals surface area (Å²) in [4.78, 5) is 23.9. The predicted molar refractivity (Wildman–Crippen MR) is 76.8 cm³/mol. The second kappa shape index (κ2) is 11.1. The highest BCUT2D eigenvalue weighted by atomic mass is 35.5. The van der Waals surface area contributed by atoms with Crippen molar-refractivity contribution >= 4 is 11.9 Å². The molecular weight excluding hydrogens is 292 g/mol. The minimum absolute atomic E-state index is 0. The van der Waals surface area contributed by atoms with Crippen molar-refractivity contribution in [2.45, 2.75) is 39.5 Å². The fourth-order valence-electron chi connectivity index (χ4n) is 1.61. The van der Waals surface area contributed by atoms with Crippen LogP contribution in [0.2, 0.25) is 0 Å². The number of hydrogen-bond donors (Lipinski definition) is 0. The molecule has 0 aromatic heterocycles. The third-order valence-corrected chi connectivity index (χ3v) is 2.83. The molecule has 0 unspecified atom stereocenters. The van der Waals surface area contributed by atoms with Gasteiger partial charge in [0, 0.05) is 0 Å². The first-order valence-corrected chi connectivity index (χ1v) is 7.14. The molecule has 118 valence electrons. The maximum absolute atomic E-state index is 11.9. The van der Waals surface area contributed by atoms with Crippen molar-refractivity contribution in [1.82, 2.24) is 0 Å². The maximum atomic E-state index is 11.9. The lowest BCUT2D eigenvalue weighted by atomic mass is 10.1. The van der Waals surface area contributed by atoms with E-state index in [0.717, 1.165) is 25.7 Å². The second-order valence-electron chi connectivity index (χ2n) is 4.52. The van der Waals surface area contributed by atoms with E-state index in [-0.39, 0.29) is 23.5 Å². The number of ether oxygens (including phenoxy) is 2. The van der Waals surface area contributed by atoms with E-state index in [4.69, 9.17) is 9.47 Å². The van der Waals surface area contributed by atoms with Crippen LogP contribution in [0.3, 0.4) is 0 Å². The Balaban J connectivity index is 0.00000400. The molecule has 1 aromatic rings. The highest BCUT2D eigenvalue weighted by Crippen LogP contribution is 2.12. The Morgan fingerprint density at radius 1 is 0.857 bits per heavy atom. The normalized spacial score (nSPS) is 9.62. The van der Waals surface area contributed by atoms with E-state index < -0.39 is 11.9 Å². The first-order valence-electron chi connectivity index (χ1n) is 7.14. The lowest BCUT2D eigenvalue weighted by Crippen LogP contribution is -3.00. The molecule has 4 nitrogen and oxygen atoms in total. The van der Waals surface area contributed by atoms with E-state index >= 15 is 0 Å². The van der Waals surface area contributed by atoms with Crippen LogP contribution in [0.25, 0.3) is 0 Å². The zero-order valence-corrected chi connectivity index (χ0v) is 13.3. The second-order valence-corrected chi connectivity index (χ2v) is 4.52. The van der Waals surface area contributed by atoms with Crippen LogP contribution in [-0.2, 0) is 9.47 Å². The molecule has 0 saturated heterocycles. The molecule has 21 heavy (non-hydrogen) atoms. The van der Waals surface area contributed by atoms with Crippen molar-refractivity contribution in [2.75, 3.05) is 13.2 Å². The number of carbonyl (C=O) groups is 2. The number of hydrogen-bond acceptors (Lipinski definition) is 4. The topological polar surface area (TPSA) is 52.6 Å². The molecule has 0 heterocycles. The van der Waals surface area contributed by atoms with Crippen molar-refractivity contribution in [1.29, 1.82) is 0 Å². The number of benzene rings is 1. The number of esters is 2. The zero-order valence-electron chi connectivity index (χ0n) is 12.6. The Kier molecular flexibility index (Phi) is 10.3. The predicted octanol–water partition coefficient (Wildman–Crippen LogP) is 0.604.